The molecule has 2 aliphatic heterocycles. The number of benzene rings is 1. The zero-order valence-electron chi connectivity index (χ0n) is 15.6. The maximum atomic E-state index is 13.3. The zero-order valence-corrected chi connectivity index (χ0v) is 16.4. The molecular formula is C18H19F2N5O3S. The molecule has 11 heteroatoms. The lowest BCUT2D eigenvalue weighted by atomic mass is 10.1. The number of rotatable bonds is 5. The maximum absolute atomic E-state index is 13.3. The van der Waals surface area contributed by atoms with Gasteiger partial charge in [-0.05, 0) is 6.42 Å². The molecule has 1 N–H and O–H groups in total. The molecule has 1 atom stereocenters. The maximum Gasteiger partial charge on any atom is 0.275 e. The molecule has 0 aliphatic carbocycles. The van der Waals surface area contributed by atoms with Crippen molar-refractivity contribution >= 4 is 29.4 Å². The van der Waals surface area contributed by atoms with Gasteiger partial charge in [0.15, 0.2) is 11.5 Å². The summed E-state index contributed by atoms with van der Waals surface area (Å²) in [6.07, 6.45) is 0.426. The smallest absolute Gasteiger partial charge is 0.275 e. The highest BCUT2D eigenvalue weighted by Crippen LogP contribution is 2.27. The van der Waals surface area contributed by atoms with Crippen molar-refractivity contribution in [2.45, 2.75) is 25.5 Å². The quantitative estimate of drug-likeness (QED) is 0.783. The van der Waals surface area contributed by atoms with Crippen LogP contribution in [0.1, 0.15) is 23.8 Å². The van der Waals surface area contributed by atoms with Crippen LogP contribution in [0.4, 0.5) is 14.6 Å². The van der Waals surface area contributed by atoms with Crippen molar-refractivity contribution in [3.8, 4) is 5.75 Å². The number of carbonyl (C=O) groups excluding carboxylic acids is 2. The van der Waals surface area contributed by atoms with Crippen molar-refractivity contribution < 1.29 is 23.1 Å². The minimum Gasteiger partial charge on any atom is -0.487 e. The summed E-state index contributed by atoms with van der Waals surface area (Å²) in [7, 11) is 0. The number of amides is 2. The van der Waals surface area contributed by atoms with Gasteiger partial charge < -0.3 is 19.9 Å². The number of hydrogen-bond acceptors (Lipinski definition) is 7. The second-order valence-electron chi connectivity index (χ2n) is 7.11. The van der Waals surface area contributed by atoms with E-state index >= 15 is 0 Å². The Hall–Kier alpha value is -2.82. The van der Waals surface area contributed by atoms with Gasteiger partial charge in [-0.25, -0.2) is 8.78 Å². The minimum absolute atomic E-state index is 0.0115. The number of aromatic nitrogens is 2. The molecule has 2 saturated heterocycles. The minimum atomic E-state index is -0.700. The highest BCUT2D eigenvalue weighted by atomic mass is 32.1. The lowest BCUT2D eigenvalue weighted by Gasteiger charge is -2.39. The van der Waals surface area contributed by atoms with E-state index in [0.717, 1.165) is 29.9 Å². The largest absolute Gasteiger partial charge is 0.487 e. The van der Waals surface area contributed by atoms with Gasteiger partial charge >= 0.3 is 0 Å². The Morgan fingerprint density at radius 2 is 1.90 bits per heavy atom. The Balaban J connectivity index is 1.33. The van der Waals surface area contributed by atoms with E-state index in [1.165, 1.54) is 6.92 Å². The van der Waals surface area contributed by atoms with E-state index in [-0.39, 0.29) is 35.4 Å². The number of ether oxygens (including phenoxy) is 1. The Morgan fingerprint density at radius 1 is 1.17 bits per heavy atom. The van der Waals surface area contributed by atoms with Crippen LogP contribution >= 0.6 is 11.7 Å². The first kappa shape index (κ1) is 19.5. The van der Waals surface area contributed by atoms with Crippen LogP contribution < -0.4 is 15.0 Å². The summed E-state index contributed by atoms with van der Waals surface area (Å²) in [6.45, 7) is 3.45. The van der Waals surface area contributed by atoms with Crippen LogP contribution in [0.3, 0.4) is 0 Å². The third-order valence-electron chi connectivity index (χ3n) is 4.94. The summed E-state index contributed by atoms with van der Waals surface area (Å²) in [5, 5.41) is 2.90. The van der Waals surface area contributed by atoms with Crippen LogP contribution in [-0.4, -0.2) is 63.8 Å². The van der Waals surface area contributed by atoms with E-state index in [1.54, 1.807) is 4.90 Å². The second kappa shape index (κ2) is 7.90. The normalized spacial score (nSPS) is 19.2. The van der Waals surface area contributed by atoms with Gasteiger partial charge in [-0.1, -0.05) is 0 Å². The molecule has 0 saturated carbocycles. The van der Waals surface area contributed by atoms with E-state index in [1.807, 2.05) is 4.90 Å². The van der Waals surface area contributed by atoms with Gasteiger partial charge in [0.25, 0.3) is 5.91 Å². The fourth-order valence-corrected chi connectivity index (χ4v) is 3.99. The molecule has 0 unspecified atom stereocenters. The SMILES string of the molecule is CC(=O)N1CC[C@@H](NC(=O)c2nsnc2N2CC(Oc3cc(F)cc(F)c3)C2)C1. The van der Waals surface area contributed by atoms with Crippen molar-refractivity contribution in [3.05, 3.63) is 35.5 Å². The molecule has 2 aromatic rings. The number of nitrogens with zero attached hydrogens (tertiary/aromatic N) is 4. The molecule has 2 amide bonds. The van der Waals surface area contributed by atoms with Crippen LogP contribution in [-0.2, 0) is 4.79 Å². The first-order valence-corrected chi connectivity index (χ1v) is 9.88. The van der Waals surface area contributed by atoms with Crippen molar-refractivity contribution in [2.75, 3.05) is 31.1 Å². The summed E-state index contributed by atoms with van der Waals surface area (Å²) in [4.78, 5) is 27.5. The van der Waals surface area contributed by atoms with Crippen molar-refractivity contribution in [1.82, 2.24) is 19.0 Å². The highest BCUT2D eigenvalue weighted by molar-refractivity contribution is 6.99. The average Bonchev–Trinajstić information content (AvgIpc) is 3.26. The number of likely N-dealkylation sites (tertiary alicyclic amines) is 1. The summed E-state index contributed by atoms with van der Waals surface area (Å²) >= 11 is 0.938. The van der Waals surface area contributed by atoms with Gasteiger partial charge in [0, 0.05) is 44.3 Å². The van der Waals surface area contributed by atoms with Crippen LogP contribution in [0.25, 0.3) is 0 Å². The Labute approximate surface area is 169 Å². The number of carbonyl (C=O) groups is 2. The molecule has 0 radical (unpaired) electrons. The average molecular weight is 423 g/mol. The number of nitrogens with one attached hydrogen (secondary N) is 1. The molecule has 2 fully saturated rings. The first-order chi connectivity index (χ1) is 13.9. The molecule has 4 rings (SSSR count). The van der Waals surface area contributed by atoms with E-state index in [0.29, 0.717) is 38.4 Å². The highest BCUT2D eigenvalue weighted by Gasteiger charge is 2.35. The topological polar surface area (TPSA) is 87.7 Å². The number of anilines is 1. The van der Waals surface area contributed by atoms with Crippen LogP contribution in [0.2, 0.25) is 0 Å². The monoisotopic (exact) mass is 423 g/mol. The second-order valence-corrected chi connectivity index (χ2v) is 7.64. The van der Waals surface area contributed by atoms with Crippen LogP contribution in [0.5, 0.6) is 5.75 Å². The zero-order chi connectivity index (χ0) is 20.5. The third-order valence-corrected chi connectivity index (χ3v) is 5.46. The van der Waals surface area contributed by atoms with Gasteiger partial charge in [-0.15, -0.1) is 0 Å². The molecule has 3 heterocycles. The molecule has 1 aromatic carbocycles. The third kappa shape index (κ3) is 4.29. The summed E-state index contributed by atoms with van der Waals surface area (Å²) in [5.41, 5.74) is 0.228. The van der Waals surface area contributed by atoms with E-state index in [4.69, 9.17) is 4.74 Å². The molecule has 0 spiro atoms. The lowest BCUT2D eigenvalue weighted by molar-refractivity contribution is -0.127. The van der Waals surface area contributed by atoms with Crippen LogP contribution in [0, 0.1) is 11.6 Å². The Kier molecular flexibility index (Phi) is 5.31. The molecule has 8 nitrogen and oxygen atoms in total. The number of hydrogen-bond donors (Lipinski definition) is 1. The summed E-state index contributed by atoms with van der Waals surface area (Å²) < 4.78 is 40.4. The van der Waals surface area contributed by atoms with E-state index < -0.39 is 11.6 Å². The van der Waals surface area contributed by atoms with Gasteiger partial charge in [0.05, 0.1) is 24.8 Å². The van der Waals surface area contributed by atoms with E-state index in [2.05, 4.69) is 14.1 Å². The predicted octanol–water partition coefficient (Wildman–Crippen LogP) is 1.43. The fourth-order valence-electron chi connectivity index (χ4n) is 3.43. The molecule has 154 valence electrons. The van der Waals surface area contributed by atoms with E-state index in [9.17, 15) is 18.4 Å². The predicted molar refractivity (Wildman–Crippen MR) is 101 cm³/mol. The molecular weight excluding hydrogens is 404 g/mol. The summed E-state index contributed by atoms with van der Waals surface area (Å²) in [5.74, 6) is -1.16. The van der Waals surface area contributed by atoms with Crippen molar-refractivity contribution in [3.63, 3.8) is 0 Å². The van der Waals surface area contributed by atoms with Gasteiger partial charge in [0.2, 0.25) is 5.91 Å². The summed E-state index contributed by atoms with van der Waals surface area (Å²) in [6, 6.07) is 2.92. The fraction of sp³-hybridized carbons (Fsp3) is 0.444. The standard InChI is InChI=1S/C18H19F2N5O3S/c1-10(26)24-3-2-13(7-24)21-18(27)16-17(23-29-22-16)25-8-15(9-25)28-14-5-11(19)4-12(20)6-14/h4-6,13,15H,2-3,7-9H2,1H3,(H,21,27)/t13-/m1/s1. The first-order valence-electron chi connectivity index (χ1n) is 9.15. The Bertz CT molecular complexity index is 914. The van der Waals surface area contributed by atoms with Gasteiger partial charge in [0.1, 0.15) is 23.5 Å². The number of halogens is 2. The van der Waals surface area contributed by atoms with Crippen LogP contribution in [0.15, 0.2) is 18.2 Å². The van der Waals surface area contributed by atoms with Crippen molar-refractivity contribution in [1.29, 1.82) is 0 Å². The van der Waals surface area contributed by atoms with Gasteiger partial charge in [-0.3, -0.25) is 9.59 Å². The lowest BCUT2D eigenvalue weighted by Crippen LogP contribution is -2.54. The molecule has 2 aliphatic rings. The molecule has 29 heavy (non-hydrogen) atoms. The Morgan fingerprint density at radius 3 is 2.55 bits per heavy atom. The van der Waals surface area contributed by atoms with Crippen molar-refractivity contribution in [2.24, 2.45) is 0 Å². The molecule has 0 bridgehead atoms. The van der Waals surface area contributed by atoms with Gasteiger partial charge in [-0.2, -0.15) is 8.75 Å². The molecule has 1 aromatic heterocycles.